The van der Waals surface area contributed by atoms with E-state index in [4.69, 9.17) is 4.74 Å². The Balaban J connectivity index is 1.93. The molecule has 0 aliphatic rings. The number of rotatable bonds is 6. The van der Waals surface area contributed by atoms with Crippen LogP contribution in [-0.4, -0.2) is 27.9 Å². The van der Waals surface area contributed by atoms with Crippen molar-refractivity contribution < 1.29 is 4.74 Å². The summed E-state index contributed by atoms with van der Waals surface area (Å²) in [5, 5.41) is 7.57. The largest absolute Gasteiger partial charge is 0.497 e. The summed E-state index contributed by atoms with van der Waals surface area (Å²) in [6, 6.07) is 8.58. The summed E-state index contributed by atoms with van der Waals surface area (Å²) >= 11 is 0. The summed E-state index contributed by atoms with van der Waals surface area (Å²) in [5.41, 5.74) is 1.30. The molecule has 0 saturated heterocycles. The Bertz CT molecular complexity index is 535. The Morgan fingerprint density at radius 3 is 2.50 bits per heavy atom. The van der Waals surface area contributed by atoms with Crippen molar-refractivity contribution in [2.24, 2.45) is 7.05 Å². The van der Waals surface area contributed by atoms with Gasteiger partial charge in [0.25, 0.3) is 0 Å². The molecule has 108 valence electrons. The first-order chi connectivity index (χ1) is 9.61. The van der Waals surface area contributed by atoms with E-state index in [0.717, 1.165) is 18.1 Å². The predicted octanol–water partition coefficient (Wildman–Crippen LogP) is 2.11. The molecule has 0 bridgehead atoms. The average molecular weight is 274 g/mol. The van der Waals surface area contributed by atoms with Crippen molar-refractivity contribution in [3.05, 3.63) is 42.0 Å². The average Bonchev–Trinajstić information content (AvgIpc) is 2.89. The molecule has 0 amide bonds. The zero-order valence-corrected chi connectivity index (χ0v) is 12.5. The molecule has 1 N–H and O–H groups in total. The highest BCUT2D eigenvalue weighted by Gasteiger charge is 2.14. The summed E-state index contributed by atoms with van der Waals surface area (Å²) in [7, 11) is 3.59. The first-order valence-electron chi connectivity index (χ1n) is 6.82. The van der Waals surface area contributed by atoms with Gasteiger partial charge >= 0.3 is 0 Å². The second-order valence-corrected chi connectivity index (χ2v) is 5.03. The van der Waals surface area contributed by atoms with Gasteiger partial charge in [0.1, 0.15) is 17.9 Å². The Morgan fingerprint density at radius 1 is 1.25 bits per heavy atom. The van der Waals surface area contributed by atoms with E-state index in [-0.39, 0.29) is 0 Å². The molecule has 0 spiro atoms. The van der Waals surface area contributed by atoms with Crippen molar-refractivity contribution in [1.29, 1.82) is 0 Å². The zero-order chi connectivity index (χ0) is 14.5. The van der Waals surface area contributed by atoms with Crippen LogP contribution in [0.5, 0.6) is 5.75 Å². The molecule has 2 atom stereocenters. The highest BCUT2D eigenvalue weighted by atomic mass is 16.5. The van der Waals surface area contributed by atoms with E-state index in [1.165, 1.54) is 5.56 Å². The van der Waals surface area contributed by atoms with Gasteiger partial charge in [-0.3, -0.25) is 4.68 Å². The molecule has 1 aromatic heterocycles. The van der Waals surface area contributed by atoms with Gasteiger partial charge < -0.3 is 10.1 Å². The van der Waals surface area contributed by atoms with Crippen LogP contribution >= 0.6 is 0 Å². The summed E-state index contributed by atoms with van der Waals surface area (Å²) in [6.07, 6.45) is 1.58. The van der Waals surface area contributed by atoms with E-state index in [1.54, 1.807) is 18.1 Å². The van der Waals surface area contributed by atoms with E-state index >= 15 is 0 Å². The van der Waals surface area contributed by atoms with E-state index in [0.29, 0.717) is 12.0 Å². The SMILES string of the molecule is COc1ccc(C(C)C(C)NCc2ncnn2C)cc1. The van der Waals surface area contributed by atoms with Crippen molar-refractivity contribution in [1.82, 2.24) is 20.1 Å². The Morgan fingerprint density at radius 2 is 1.95 bits per heavy atom. The summed E-state index contributed by atoms with van der Waals surface area (Å²) < 4.78 is 6.97. The highest BCUT2D eigenvalue weighted by Crippen LogP contribution is 2.22. The van der Waals surface area contributed by atoms with Crippen LogP contribution in [0, 0.1) is 0 Å². The van der Waals surface area contributed by atoms with Crippen molar-refractivity contribution >= 4 is 0 Å². The number of ether oxygens (including phenoxy) is 1. The minimum Gasteiger partial charge on any atom is -0.497 e. The van der Waals surface area contributed by atoms with Crippen molar-refractivity contribution in [3.63, 3.8) is 0 Å². The van der Waals surface area contributed by atoms with Gasteiger partial charge in [-0.2, -0.15) is 5.10 Å². The maximum atomic E-state index is 5.19. The molecule has 5 nitrogen and oxygen atoms in total. The number of hydrogen-bond donors (Lipinski definition) is 1. The molecule has 2 aromatic rings. The molecule has 5 heteroatoms. The zero-order valence-electron chi connectivity index (χ0n) is 12.5. The van der Waals surface area contributed by atoms with Gasteiger partial charge in [0.05, 0.1) is 13.7 Å². The van der Waals surface area contributed by atoms with Crippen LogP contribution in [0.2, 0.25) is 0 Å². The van der Waals surface area contributed by atoms with E-state index < -0.39 is 0 Å². The standard InChI is InChI=1S/C15H22N4O/c1-11(13-5-7-14(20-4)8-6-13)12(2)16-9-15-17-10-18-19(15)3/h5-8,10-12,16H,9H2,1-4H3. The first kappa shape index (κ1) is 14.5. The lowest BCUT2D eigenvalue weighted by Crippen LogP contribution is -2.31. The fourth-order valence-electron chi connectivity index (χ4n) is 2.11. The lowest BCUT2D eigenvalue weighted by atomic mass is 9.94. The van der Waals surface area contributed by atoms with Gasteiger partial charge in [-0.05, 0) is 30.5 Å². The quantitative estimate of drug-likeness (QED) is 0.876. The fourth-order valence-corrected chi connectivity index (χ4v) is 2.11. The highest BCUT2D eigenvalue weighted by molar-refractivity contribution is 5.29. The van der Waals surface area contributed by atoms with Crippen LogP contribution in [0.25, 0.3) is 0 Å². The van der Waals surface area contributed by atoms with Gasteiger partial charge in [0.15, 0.2) is 0 Å². The molecule has 0 aliphatic carbocycles. The second-order valence-electron chi connectivity index (χ2n) is 5.03. The maximum absolute atomic E-state index is 5.19. The Hall–Kier alpha value is -1.88. The number of benzene rings is 1. The lowest BCUT2D eigenvalue weighted by molar-refractivity contribution is 0.414. The monoisotopic (exact) mass is 274 g/mol. The maximum Gasteiger partial charge on any atom is 0.140 e. The van der Waals surface area contributed by atoms with Gasteiger partial charge in [-0.1, -0.05) is 19.1 Å². The van der Waals surface area contributed by atoms with E-state index in [2.05, 4.69) is 41.4 Å². The number of nitrogens with zero attached hydrogens (tertiary/aromatic N) is 3. The van der Waals surface area contributed by atoms with Crippen LogP contribution in [0.3, 0.4) is 0 Å². The predicted molar refractivity (Wildman–Crippen MR) is 78.7 cm³/mol. The molecule has 1 aromatic carbocycles. The summed E-state index contributed by atoms with van der Waals surface area (Å²) in [4.78, 5) is 4.22. The summed E-state index contributed by atoms with van der Waals surface area (Å²) in [6.45, 7) is 5.12. The molecule has 2 rings (SSSR count). The van der Waals surface area contributed by atoms with Crippen LogP contribution in [0.15, 0.2) is 30.6 Å². The third kappa shape index (κ3) is 3.36. The number of aryl methyl sites for hydroxylation is 1. The first-order valence-corrected chi connectivity index (χ1v) is 6.82. The van der Waals surface area contributed by atoms with E-state index in [9.17, 15) is 0 Å². The Labute approximate surface area is 120 Å². The van der Waals surface area contributed by atoms with Gasteiger partial charge in [-0.25, -0.2) is 4.98 Å². The number of hydrogen-bond acceptors (Lipinski definition) is 4. The summed E-state index contributed by atoms with van der Waals surface area (Å²) in [5.74, 6) is 2.24. The minimum atomic E-state index is 0.347. The molecule has 0 radical (unpaired) electrons. The number of methoxy groups -OCH3 is 1. The Kier molecular flexibility index (Phi) is 4.74. The van der Waals surface area contributed by atoms with Gasteiger partial charge in [0, 0.05) is 13.1 Å². The third-order valence-corrected chi connectivity index (χ3v) is 3.78. The molecule has 2 unspecified atom stereocenters. The molecule has 1 heterocycles. The normalized spacial score (nSPS) is 14.0. The van der Waals surface area contributed by atoms with E-state index in [1.807, 2.05) is 19.2 Å². The number of aromatic nitrogens is 3. The third-order valence-electron chi connectivity index (χ3n) is 3.78. The molecular formula is C15H22N4O. The second kappa shape index (κ2) is 6.52. The minimum absolute atomic E-state index is 0.347. The van der Waals surface area contributed by atoms with Crippen LogP contribution < -0.4 is 10.1 Å². The van der Waals surface area contributed by atoms with Crippen molar-refractivity contribution in [3.8, 4) is 5.75 Å². The van der Waals surface area contributed by atoms with Crippen LogP contribution in [-0.2, 0) is 13.6 Å². The molecule has 0 fully saturated rings. The molecule has 0 aliphatic heterocycles. The molecule has 20 heavy (non-hydrogen) atoms. The fraction of sp³-hybridized carbons (Fsp3) is 0.467. The van der Waals surface area contributed by atoms with Crippen molar-refractivity contribution in [2.45, 2.75) is 32.4 Å². The molecular weight excluding hydrogens is 252 g/mol. The smallest absolute Gasteiger partial charge is 0.140 e. The van der Waals surface area contributed by atoms with Crippen LogP contribution in [0.1, 0.15) is 31.2 Å². The molecule has 0 saturated carbocycles. The number of nitrogens with one attached hydrogen (secondary N) is 1. The van der Waals surface area contributed by atoms with Crippen LogP contribution in [0.4, 0.5) is 0 Å². The lowest BCUT2D eigenvalue weighted by Gasteiger charge is -2.21. The van der Waals surface area contributed by atoms with Gasteiger partial charge in [-0.15, -0.1) is 0 Å². The topological polar surface area (TPSA) is 52.0 Å². The van der Waals surface area contributed by atoms with Crippen molar-refractivity contribution in [2.75, 3.05) is 7.11 Å². The van der Waals surface area contributed by atoms with Gasteiger partial charge in [0.2, 0.25) is 0 Å².